The van der Waals surface area contributed by atoms with Crippen molar-refractivity contribution in [3.05, 3.63) is 588 Å². The van der Waals surface area contributed by atoms with Crippen LogP contribution >= 0.6 is 0 Å². The van der Waals surface area contributed by atoms with Gasteiger partial charge in [-0.25, -0.2) is 4.39 Å². The van der Waals surface area contributed by atoms with Gasteiger partial charge in [-0.05, 0) is 364 Å². The molecule has 0 saturated carbocycles. The smallest absolute Gasteiger partial charge is 0.123 e. The lowest BCUT2D eigenvalue weighted by atomic mass is 9.69. The van der Waals surface area contributed by atoms with Gasteiger partial charge in [-0.3, -0.25) is 0 Å². The maximum absolute atomic E-state index is 13.9. The lowest BCUT2D eigenvalue weighted by molar-refractivity contribution is 0.628. The average Bonchev–Trinajstić information content (AvgIpc) is 1.50. The quantitative estimate of drug-likeness (QED) is 0.151. The zero-order valence-electron chi connectivity index (χ0n) is 79.5. The van der Waals surface area contributed by atoms with Crippen LogP contribution in [-0.4, -0.2) is 0 Å². The number of benzene rings is 26. The van der Waals surface area contributed by atoms with Crippen molar-refractivity contribution in [2.45, 2.75) is 16.2 Å². The van der Waals surface area contributed by atoms with Crippen LogP contribution in [0.25, 0.3) is 242 Å². The van der Waals surface area contributed by atoms with Crippen molar-refractivity contribution in [1.82, 2.24) is 0 Å². The standard InChI is InChI=1S/C53H32.C51H30.C41H23F/c1-2-14-33(15-3-1)35-28-29-36(38-17-5-4-16-37(35)38)34-26-27-45-43-22-10-12-24-49(43)53(51(45)30-34)50-25-13-11-23-44(50)48-31-46-41-20-8-6-18-39(41)40-19-7-9-21-42(40)47(46)32-52(48)53;1-2-13-31(14-3-1)33-27-28-34(36-16-5-4-15-35(33)36)32-25-26-40-39-19-8-10-23-45(39)51(47(40)29-32)46-24-11-9-20-42(46)50-43-22-12-21-41-37-17-6-7-18-38(37)44(49(41)43)30-48(50)51;42-26-19-16-24(17-20-26)25-18-21-30-29-10-3-5-14-35(29)41(37(30)22-25)36-15-6-4-11-32(36)40-33-13-7-12-31-27-8-1-2-9-28(27)34(39(31)33)23-38(40)41/h1-32H;1-30H;1-23H. The second-order valence-electron chi connectivity index (χ2n) is 40.7. The summed E-state index contributed by atoms with van der Waals surface area (Å²) in [6.45, 7) is 0. The SMILES string of the molecule is Fc1ccc(-c2ccc3c(c2)C2(c4ccccc4-3)c3ccccc3-c3c2cc2c4c(cccc34)-c3ccccc3-2)cc1.c1ccc(-c2ccc(-c3ccc4c(c3)C3(c5ccccc5-4)c4ccccc4-c4c3cc3c5c(cccc45)-c4ccccc4-3)c3ccccc23)cc1.c1ccc(-c2ccc(-c3ccc4c(c3)C3(c5ccccc5-4)c4ccccc4-c4cc5c6ccccc6c6ccccc6c5cc43)c3ccccc23)cc1. The molecular weight excluding hydrogens is 1760 g/mol. The second-order valence-corrected chi connectivity index (χ2v) is 40.7. The predicted octanol–water partition coefficient (Wildman–Crippen LogP) is 37.9. The molecule has 0 radical (unpaired) electrons. The Balaban J connectivity index is 0.0000000982. The van der Waals surface area contributed by atoms with E-state index in [1.807, 2.05) is 12.1 Å². The van der Waals surface area contributed by atoms with Gasteiger partial charge in [-0.15, -0.1) is 0 Å². The molecular formula is C145H85F. The minimum Gasteiger partial charge on any atom is -0.207 e. The normalized spacial score (nSPS) is 15.7. The Kier molecular flexibility index (Phi) is 17.0. The highest BCUT2D eigenvalue weighted by Gasteiger charge is 2.57. The van der Waals surface area contributed by atoms with E-state index in [0.717, 1.165) is 11.1 Å². The van der Waals surface area contributed by atoms with Crippen molar-refractivity contribution in [2.24, 2.45) is 0 Å². The van der Waals surface area contributed by atoms with Gasteiger partial charge >= 0.3 is 0 Å². The summed E-state index contributed by atoms with van der Waals surface area (Å²) in [6, 6.07) is 191. The predicted molar refractivity (Wildman–Crippen MR) is 607 cm³/mol. The number of hydrogen-bond acceptors (Lipinski definition) is 0. The Morgan fingerprint density at radius 1 is 0.110 bits per heavy atom. The van der Waals surface area contributed by atoms with E-state index in [9.17, 15) is 4.39 Å². The summed E-state index contributed by atoms with van der Waals surface area (Å²) in [5.74, 6) is -0.216. The molecule has 0 heterocycles. The fourth-order valence-electron chi connectivity index (χ4n) is 28.5. The molecule has 0 aliphatic heterocycles. The summed E-state index contributed by atoms with van der Waals surface area (Å²) < 4.78 is 13.9. The molecule has 0 fully saturated rings. The maximum atomic E-state index is 13.9. The van der Waals surface area contributed by atoms with Crippen molar-refractivity contribution in [3.8, 4) is 167 Å². The molecule has 3 atom stereocenters. The molecule has 1 heteroatoms. The van der Waals surface area contributed by atoms with E-state index in [1.165, 1.54) is 298 Å². The van der Waals surface area contributed by atoms with Crippen molar-refractivity contribution in [1.29, 1.82) is 0 Å². The molecule has 0 nitrogen and oxygen atoms in total. The largest absolute Gasteiger partial charge is 0.207 e. The van der Waals surface area contributed by atoms with Crippen molar-refractivity contribution in [3.63, 3.8) is 0 Å². The lowest BCUT2D eigenvalue weighted by Gasteiger charge is -2.31. The van der Waals surface area contributed by atoms with Gasteiger partial charge in [-0.1, -0.05) is 461 Å². The molecule has 3 unspecified atom stereocenters. The second kappa shape index (κ2) is 30.5. The van der Waals surface area contributed by atoms with Crippen LogP contribution in [0.4, 0.5) is 4.39 Å². The highest BCUT2D eigenvalue weighted by atomic mass is 19.1. The van der Waals surface area contributed by atoms with Crippen LogP contribution in [-0.2, 0) is 16.2 Å². The first kappa shape index (κ1) is 81.2. The maximum Gasteiger partial charge on any atom is 0.123 e. The van der Waals surface area contributed by atoms with Crippen LogP contribution in [0.15, 0.2) is 516 Å². The molecule has 0 N–H and O–H groups in total. The highest BCUT2D eigenvalue weighted by Crippen LogP contribution is 2.71. The molecule has 26 aromatic rings. The molecule has 672 valence electrons. The summed E-state index contributed by atoms with van der Waals surface area (Å²) in [5.41, 5.74) is 53.7. The van der Waals surface area contributed by atoms with Crippen molar-refractivity contribution >= 4 is 75.4 Å². The van der Waals surface area contributed by atoms with E-state index >= 15 is 0 Å². The third kappa shape index (κ3) is 10.8. The summed E-state index contributed by atoms with van der Waals surface area (Å²) in [7, 11) is 0. The van der Waals surface area contributed by atoms with Crippen LogP contribution in [0.5, 0.6) is 0 Å². The summed E-state index contributed by atoms with van der Waals surface area (Å²) in [6.07, 6.45) is 0. The zero-order valence-corrected chi connectivity index (χ0v) is 79.5. The van der Waals surface area contributed by atoms with E-state index < -0.39 is 16.2 Å². The van der Waals surface area contributed by atoms with Gasteiger partial charge in [0, 0.05) is 0 Å². The van der Waals surface area contributed by atoms with Gasteiger partial charge in [-0.2, -0.15) is 0 Å². The minimum atomic E-state index is -0.452. The molecule has 3 spiro atoms. The minimum absolute atomic E-state index is 0.216. The van der Waals surface area contributed by atoms with Gasteiger partial charge < -0.3 is 0 Å². The molecule has 0 amide bonds. The lowest BCUT2D eigenvalue weighted by Crippen LogP contribution is -2.26. The topological polar surface area (TPSA) is 0 Å². The first-order chi connectivity index (χ1) is 72.4. The van der Waals surface area contributed by atoms with E-state index in [4.69, 9.17) is 0 Å². The van der Waals surface area contributed by atoms with Crippen LogP contribution in [0.1, 0.15) is 66.8 Å². The molecule has 0 saturated heterocycles. The van der Waals surface area contributed by atoms with E-state index in [2.05, 4.69) is 491 Å². The Morgan fingerprint density at radius 3 is 0.747 bits per heavy atom. The van der Waals surface area contributed by atoms with Gasteiger partial charge in [0.2, 0.25) is 0 Å². The van der Waals surface area contributed by atoms with E-state index in [0.29, 0.717) is 0 Å². The summed E-state index contributed by atoms with van der Waals surface area (Å²) in [5, 5.41) is 18.4. The summed E-state index contributed by atoms with van der Waals surface area (Å²) in [4.78, 5) is 0. The van der Waals surface area contributed by atoms with Gasteiger partial charge in [0.1, 0.15) is 5.82 Å². The molecule has 26 aromatic carbocycles. The molecule has 146 heavy (non-hydrogen) atoms. The van der Waals surface area contributed by atoms with Crippen LogP contribution < -0.4 is 0 Å². The van der Waals surface area contributed by atoms with Gasteiger partial charge in [0.15, 0.2) is 0 Å². The van der Waals surface area contributed by atoms with Crippen molar-refractivity contribution in [2.75, 3.05) is 0 Å². The van der Waals surface area contributed by atoms with Gasteiger partial charge in [0.05, 0.1) is 16.2 Å². The first-order valence-corrected chi connectivity index (χ1v) is 51.1. The number of fused-ring (bicyclic) bond motifs is 46. The van der Waals surface area contributed by atoms with Crippen molar-refractivity contribution < 1.29 is 4.39 Å². The van der Waals surface area contributed by atoms with Gasteiger partial charge in [0.25, 0.3) is 0 Å². The monoisotopic (exact) mass is 1840 g/mol. The van der Waals surface area contributed by atoms with Crippen LogP contribution in [0.3, 0.4) is 0 Å². The Bertz CT molecular complexity index is 10300. The molecule has 8 aliphatic carbocycles. The zero-order chi connectivity index (χ0) is 95.5. The highest BCUT2D eigenvalue weighted by molar-refractivity contribution is 6.28. The molecule has 8 aliphatic rings. The van der Waals surface area contributed by atoms with E-state index in [-0.39, 0.29) is 5.82 Å². The number of rotatable bonds is 5. The molecule has 34 rings (SSSR count). The van der Waals surface area contributed by atoms with Crippen LogP contribution in [0, 0.1) is 5.82 Å². The number of halogens is 1. The fraction of sp³-hybridized carbons (Fsp3) is 0.0207. The molecule has 0 aromatic heterocycles. The Morgan fingerprint density at radius 2 is 0.356 bits per heavy atom. The fourth-order valence-corrected chi connectivity index (χ4v) is 28.5. The molecule has 0 bridgehead atoms. The number of hydrogen-bond donors (Lipinski definition) is 0. The van der Waals surface area contributed by atoms with Crippen LogP contribution in [0.2, 0.25) is 0 Å². The third-order valence-electron chi connectivity index (χ3n) is 34.2. The van der Waals surface area contributed by atoms with E-state index in [1.54, 1.807) is 12.1 Å². The Labute approximate surface area is 844 Å². The first-order valence-electron chi connectivity index (χ1n) is 51.1. The summed E-state index contributed by atoms with van der Waals surface area (Å²) >= 11 is 0. The Hall–Kier alpha value is -18.5. The average molecular weight is 1850 g/mol. The third-order valence-corrected chi connectivity index (χ3v) is 34.2.